The lowest BCUT2D eigenvalue weighted by molar-refractivity contribution is -0.118. The van der Waals surface area contributed by atoms with Gasteiger partial charge in [-0.25, -0.2) is 0 Å². The first-order valence-electron chi connectivity index (χ1n) is 6.84. The Morgan fingerprint density at radius 2 is 2.10 bits per heavy atom. The van der Waals surface area contributed by atoms with Gasteiger partial charge in [-0.05, 0) is 31.5 Å². The monoisotopic (exact) mass is 288 g/mol. The average Bonchev–Trinajstić information content (AvgIpc) is 2.94. The molecule has 6 heteroatoms. The minimum absolute atomic E-state index is 0.0468. The molecule has 1 amide bonds. The number of ether oxygens (including phenoxy) is 1. The SMILES string of the molecule is CC(C)n1cc(NC(=O)COc2ccc(CN)cc2)cn1. The van der Waals surface area contributed by atoms with Gasteiger partial charge in [0, 0.05) is 18.8 Å². The molecule has 0 unspecified atom stereocenters. The number of carbonyl (C=O) groups excluding carboxylic acids is 1. The summed E-state index contributed by atoms with van der Waals surface area (Å²) >= 11 is 0. The van der Waals surface area contributed by atoms with Gasteiger partial charge in [0.05, 0.1) is 11.9 Å². The molecule has 0 atom stereocenters. The molecule has 2 rings (SSSR count). The lowest BCUT2D eigenvalue weighted by atomic mass is 10.2. The van der Waals surface area contributed by atoms with E-state index in [0.29, 0.717) is 18.0 Å². The highest BCUT2D eigenvalue weighted by Crippen LogP contribution is 2.12. The molecular weight excluding hydrogens is 268 g/mol. The number of anilines is 1. The highest BCUT2D eigenvalue weighted by atomic mass is 16.5. The fourth-order valence-corrected chi connectivity index (χ4v) is 1.75. The number of nitrogens with two attached hydrogens (primary N) is 1. The summed E-state index contributed by atoms with van der Waals surface area (Å²) in [6, 6.07) is 7.60. The Bertz CT molecular complexity index is 590. The molecule has 3 N–H and O–H groups in total. The van der Waals surface area contributed by atoms with Gasteiger partial charge in [0.2, 0.25) is 0 Å². The Morgan fingerprint density at radius 1 is 1.38 bits per heavy atom. The molecule has 2 aromatic rings. The molecule has 0 aliphatic heterocycles. The van der Waals surface area contributed by atoms with Crippen LogP contribution in [0.4, 0.5) is 5.69 Å². The molecule has 0 bridgehead atoms. The summed E-state index contributed by atoms with van der Waals surface area (Å²) in [5.41, 5.74) is 7.20. The number of amides is 1. The van der Waals surface area contributed by atoms with E-state index in [9.17, 15) is 4.79 Å². The first-order chi connectivity index (χ1) is 10.1. The van der Waals surface area contributed by atoms with Crippen molar-refractivity contribution in [2.45, 2.75) is 26.4 Å². The quantitative estimate of drug-likeness (QED) is 0.851. The molecule has 1 heterocycles. The van der Waals surface area contributed by atoms with Crippen molar-refractivity contribution in [1.29, 1.82) is 0 Å². The smallest absolute Gasteiger partial charge is 0.262 e. The summed E-state index contributed by atoms with van der Waals surface area (Å²) in [6.45, 7) is 4.48. The van der Waals surface area contributed by atoms with Crippen LogP contribution in [0.15, 0.2) is 36.7 Å². The summed E-state index contributed by atoms with van der Waals surface area (Å²) in [5, 5.41) is 6.90. The third-order valence-electron chi connectivity index (χ3n) is 2.94. The molecule has 1 aromatic carbocycles. The molecule has 0 radical (unpaired) electrons. The number of nitrogens with one attached hydrogen (secondary N) is 1. The van der Waals surface area contributed by atoms with Gasteiger partial charge in [0.1, 0.15) is 5.75 Å². The van der Waals surface area contributed by atoms with Crippen molar-refractivity contribution >= 4 is 11.6 Å². The van der Waals surface area contributed by atoms with E-state index in [1.54, 1.807) is 29.2 Å². The largest absolute Gasteiger partial charge is 0.484 e. The predicted octanol–water partition coefficient (Wildman–Crippen LogP) is 1.94. The Balaban J connectivity index is 1.83. The second-order valence-electron chi connectivity index (χ2n) is 4.99. The highest BCUT2D eigenvalue weighted by Gasteiger charge is 2.07. The van der Waals surface area contributed by atoms with Crippen LogP contribution in [0.2, 0.25) is 0 Å². The van der Waals surface area contributed by atoms with Gasteiger partial charge in [-0.1, -0.05) is 12.1 Å². The number of hydrogen-bond donors (Lipinski definition) is 2. The molecule has 0 saturated carbocycles. The molecule has 21 heavy (non-hydrogen) atoms. The van der Waals surface area contributed by atoms with Gasteiger partial charge in [-0.3, -0.25) is 9.48 Å². The summed E-state index contributed by atoms with van der Waals surface area (Å²) in [5.74, 6) is 0.418. The van der Waals surface area contributed by atoms with E-state index in [-0.39, 0.29) is 18.6 Å². The van der Waals surface area contributed by atoms with Gasteiger partial charge in [0.15, 0.2) is 6.61 Å². The standard InChI is InChI=1S/C15H20N4O2/c1-11(2)19-9-13(8-17-19)18-15(20)10-21-14-5-3-12(7-16)4-6-14/h3-6,8-9,11H,7,10,16H2,1-2H3,(H,18,20). The first kappa shape index (κ1) is 15.1. The molecular formula is C15H20N4O2. The molecule has 0 fully saturated rings. The van der Waals surface area contributed by atoms with E-state index >= 15 is 0 Å². The second kappa shape index (κ2) is 6.90. The van der Waals surface area contributed by atoms with Gasteiger partial charge in [-0.15, -0.1) is 0 Å². The number of hydrogen-bond acceptors (Lipinski definition) is 4. The summed E-state index contributed by atoms with van der Waals surface area (Å²) in [7, 11) is 0. The van der Waals surface area contributed by atoms with E-state index in [1.807, 2.05) is 26.0 Å². The van der Waals surface area contributed by atoms with Crippen LogP contribution < -0.4 is 15.8 Å². The molecule has 0 aliphatic rings. The van der Waals surface area contributed by atoms with E-state index in [2.05, 4.69) is 10.4 Å². The van der Waals surface area contributed by atoms with Crippen LogP contribution in [0.3, 0.4) is 0 Å². The first-order valence-corrected chi connectivity index (χ1v) is 6.84. The number of rotatable bonds is 6. The number of nitrogens with zero attached hydrogens (tertiary/aromatic N) is 2. The zero-order valence-electron chi connectivity index (χ0n) is 12.2. The summed E-state index contributed by atoms with van der Waals surface area (Å²) in [4.78, 5) is 11.8. The lowest BCUT2D eigenvalue weighted by Crippen LogP contribution is -2.19. The van der Waals surface area contributed by atoms with Crippen molar-refractivity contribution in [2.75, 3.05) is 11.9 Å². The summed E-state index contributed by atoms with van der Waals surface area (Å²) in [6.07, 6.45) is 3.41. The van der Waals surface area contributed by atoms with Crippen LogP contribution in [0.25, 0.3) is 0 Å². The number of aromatic nitrogens is 2. The Hall–Kier alpha value is -2.34. The molecule has 0 aliphatic carbocycles. The number of carbonyl (C=O) groups is 1. The normalized spacial score (nSPS) is 10.7. The van der Waals surface area contributed by atoms with Crippen LogP contribution in [-0.2, 0) is 11.3 Å². The Kier molecular flexibility index (Phi) is 4.94. The maximum atomic E-state index is 11.8. The summed E-state index contributed by atoms with van der Waals surface area (Å²) < 4.78 is 7.19. The van der Waals surface area contributed by atoms with E-state index in [4.69, 9.17) is 10.5 Å². The maximum absolute atomic E-state index is 11.8. The molecule has 6 nitrogen and oxygen atoms in total. The molecule has 1 aromatic heterocycles. The zero-order valence-corrected chi connectivity index (χ0v) is 12.2. The van der Waals surface area contributed by atoms with Gasteiger partial charge >= 0.3 is 0 Å². The Morgan fingerprint density at radius 3 is 2.67 bits per heavy atom. The van der Waals surface area contributed by atoms with Crippen molar-refractivity contribution < 1.29 is 9.53 Å². The maximum Gasteiger partial charge on any atom is 0.262 e. The number of benzene rings is 1. The molecule has 0 saturated heterocycles. The van der Waals surface area contributed by atoms with Crippen molar-refractivity contribution in [1.82, 2.24) is 9.78 Å². The fourth-order valence-electron chi connectivity index (χ4n) is 1.75. The minimum atomic E-state index is -0.221. The zero-order chi connectivity index (χ0) is 15.2. The van der Waals surface area contributed by atoms with Crippen molar-refractivity contribution in [3.05, 3.63) is 42.2 Å². The van der Waals surface area contributed by atoms with Gasteiger partial charge in [0.25, 0.3) is 5.91 Å². The van der Waals surface area contributed by atoms with E-state index in [0.717, 1.165) is 5.56 Å². The minimum Gasteiger partial charge on any atom is -0.484 e. The lowest BCUT2D eigenvalue weighted by Gasteiger charge is -2.07. The van der Waals surface area contributed by atoms with Crippen LogP contribution in [0, 0.1) is 0 Å². The van der Waals surface area contributed by atoms with Crippen LogP contribution in [0.1, 0.15) is 25.5 Å². The fraction of sp³-hybridized carbons (Fsp3) is 0.333. The molecule has 112 valence electrons. The van der Waals surface area contributed by atoms with Crippen molar-refractivity contribution in [3.8, 4) is 5.75 Å². The third-order valence-corrected chi connectivity index (χ3v) is 2.94. The van der Waals surface area contributed by atoms with Crippen LogP contribution in [0.5, 0.6) is 5.75 Å². The highest BCUT2D eigenvalue weighted by molar-refractivity contribution is 5.91. The van der Waals surface area contributed by atoms with Crippen LogP contribution >= 0.6 is 0 Å². The topological polar surface area (TPSA) is 82.2 Å². The van der Waals surface area contributed by atoms with E-state index in [1.165, 1.54) is 0 Å². The van der Waals surface area contributed by atoms with Gasteiger partial charge in [-0.2, -0.15) is 5.10 Å². The van der Waals surface area contributed by atoms with Crippen LogP contribution in [-0.4, -0.2) is 22.3 Å². The van der Waals surface area contributed by atoms with Gasteiger partial charge < -0.3 is 15.8 Å². The van der Waals surface area contributed by atoms with Crippen molar-refractivity contribution in [2.24, 2.45) is 5.73 Å². The predicted molar refractivity (Wildman–Crippen MR) is 81.1 cm³/mol. The Labute approximate surface area is 123 Å². The second-order valence-corrected chi connectivity index (χ2v) is 4.99. The molecule has 0 spiro atoms. The average molecular weight is 288 g/mol. The third kappa shape index (κ3) is 4.32. The van der Waals surface area contributed by atoms with Crippen molar-refractivity contribution in [3.63, 3.8) is 0 Å². The van der Waals surface area contributed by atoms with E-state index < -0.39 is 0 Å².